The number of carbonyl (C=O) groups excluding carboxylic acids is 1. The van der Waals surface area contributed by atoms with Gasteiger partial charge in [-0.25, -0.2) is 0 Å². The number of methoxy groups -OCH3 is 1. The molecular formula is C25H26N2O3. The largest absolute Gasteiger partial charge is 0.493 e. The summed E-state index contributed by atoms with van der Waals surface area (Å²) in [4.78, 5) is 15.0. The van der Waals surface area contributed by atoms with E-state index in [1.807, 2.05) is 71.6 Å². The van der Waals surface area contributed by atoms with Crippen molar-refractivity contribution in [3.05, 3.63) is 95.6 Å². The summed E-state index contributed by atoms with van der Waals surface area (Å²) in [5.74, 6) is 0.769. The number of hydrogen-bond acceptors (Lipinski definition) is 4. The SMILES string of the molecule is COCCN1C(=O)c2ccccc2NC1c1ccccc1OCCc1ccccc1. The van der Waals surface area contributed by atoms with Crippen molar-refractivity contribution in [3.63, 3.8) is 0 Å². The summed E-state index contributed by atoms with van der Waals surface area (Å²) < 4.78 is 11.4. The topological polar surface area (TPSA) is 50.8 Å². The van der Waals surface area contributed by atoms with Gasteiger partial charge in [0.1, 0.15) is 11.9 Å². The van der Waals surface area contributed by atoms with Gasteiger partial charge in [-0.2, -0.15) is 0 Å². The molecule has 0 saturated carbocycles. The van der Waals surface area contributed by atoms with E-state index in [0.717, 1.165) is 23.4 Å². The molecule has 0 saturated heterocycles. The van der Waals surface area contributed by atoms with Gasteiger partial charge in [-0.15, -0.1) is 0 Å². The molecule has 1 amide bonds. The molecule has 0 spiro atoms. The predicted molar refractivity (Wildman–Crippen MR) is 118 cm³/mol. The lowest BCUT2D eigenvalue weighted by atomic mass is 10.0. The van der Waals surface area contributed by atoms with Crippen molar-refractivity contribution in [2.24, 2.45) is 0 Å². The van der Waals surface area contributed by atoms with E-state index in [0.29, 0.717) is 25.3 Å². The molecule has 0 fully saturated rings. The first-order chi connectivity index (χ1) is 14.8. The highest BCUT2D eigenvalue weighted by atomic mass is 16.5. The minimum atomic E-state index is -0.324. The number of hydrogen-bond donors (Lipinski definition) is 1. The van der Waals surface area contributed by atoms with Crippen molar-refractivity contribution in [1.29, 1.82) is 0 Å². The highest BCUT2D eigenvalue weighted by Crippen LogP contribution is 2.36. The summed E-state index contributed by atoms with van der Waals surface area (Å²) in [6.45, 7) is 1.51. The molecule has 5 heteroatoms. The van der Waals surface area contributed by atoms with E-state index >= 15 is 0 Å². The Kier molecular flexibility index (Phi) is 6.30. The molecule has 1 heterocycles. The van der Waals surface area contributed by atoms with Gasteiger partial charge >= 0.3 is 0 Å². The van der Waals surface area contributed by atoms with Gasteiger partial charge in [0, 0.05) is 31.3 Å². The van der Waals surface area contributed by atoms with Crippen LogP contribution in [-0.4, -0.2) is 37.7 Å². The van der Waals surface area contributed by atoms with Crippen LogP contribution in [0.2, 0.25) is 0 Å². The molecule has 5 nitrogen and oxygen atoms in total. The van der Waals surface area contributed by atoms with Crippen molar-refractivity contribution in [2.75, 3.05) is 32.2 Å². The fraction of sp³-hybridized carbons (Fsp3) is 0.240. The molecule has 0 aliphatic carbocycles. The van der Waals surface area contributed by atoms with Crippen molar-refractivity contribution in [2.45, 2.75) is 12.6 Å². The summed E-state index contributed by atoms with van der Waals surface area (Å²) in [6.07, 6.45) is 0.498. The van der Waals surface area contributed by atoms with Crippen LogP contribution in [0.4, 0.5) is 5.69 Å². The summed E-state index contributed by atoms with van der Waals surface area (Å²) >= 11 is 0. The first-order valence-corrected chi connectivity index (χ1v) is 10.2. The predicted octanol–water partition coefficient (Wildman–Crippen LogP) is 4.52. The Morgan fingerprint density at radius 3 is 2.47 bits per heavy atom. The zero-order chi connectivity index (χ0) is 20.8. The molecule has 154 valence electrons. The fourth-order valence-corrected chi connectivity index (χ4v) is 3.72. The molecule has 1 unspecified atom stereocenters. The van der Waals surface area contributed by atoms with Crippen molar-refractivity contribution >= 4 is 11.6 Å². The molecule has 1 aliphatic rings. The number of fused-ring (bicyclic) bond motifs is 1. The van der Waals surface area contributed by atoms with Crippen LogP contribution in [0.1, 0.15) is 27.7 Å². The molecule has 0 bridgehead atoms. The van der Waals surface area contributed by atoms with E-state index in [2.05, 4.69) is 17.4 Å². The van der Waals surface area contributed by atoms with Gasteiger partial charge in [-0.1, -0.05) is 60.7 Å². The fourth-order valence-electron chi connectivity index (χ4n) is 3.72. The molecule has 0 aromatic heterocycles. The molecule has 4 rings (SSSR count). The van der Waals surface area contributed by atoms with Crippen LogP contribution < -0.4 is 10.1 Å². The Bertz CT molecular complexity index is 990. The van der Waals surface area contributed by atoms with E-state index in [1.165, 1.54) is 5.56 Å². The number of para-hydroxylation sites is 2. The maximum Gasteiger partial charge on any atom is 0.257 e. The summed E-state index contributed by atoms with van der Waals surface area (Å²) in [5, 5.41) is 3.52. The minimum Gasteiger partial charge on any atom is -0.493 e. The lowest BCUT2D eigenvalue weighted by molar-refractivity contribution is 0.0606. The van der Waals surface area contributed by atoms with E-state index in [9.17, 15) is 4.79 Å². The number of benzene rings is 3. The van der Waals surface area contributed by atoms with Crippen molar-refractivity contribution in [3.8, 4) is 5.75 Å². The Hall–Kier alpha value is -3.31. The molecule has 3 aromatic carbocycles. The third-order valence-corrected chi connectivity index (χ3v) is 5.26. The Labute approximate surface area is 177 Å². The van der Waals surface area contributed by atoms with Gasteiger partial charge < -0.3 is 19.7 Å². The maximum absolute atomic E-state index is 13.2. The van der Waals surface area contributed by atoms with Gasteiger partial charge in [0.2, 0.25) is 0 Å². The Morgan fingerprint density at radius 1 is 0.900 bits per heavy atom. The Morgan fingerprint density at radius 2 is 1.63 bits per heavy atom. The smallest absolute Gasteiger partial charge is 0.257 e. The number of amides is 1. The minimum absolute atomic E-state index is 0.00881. The number of ether oxygens (including phenoxy) is 2. The second-order valence-corrected chi connectivity index (χ2v) is 7.21. The second kappa shape index (κ2) is 9.46. The van der Waals surface area contributed by atoms with Crippen LogP contribution in [0.3, 0.4) is 0 Å². The quantitative estimate of drug-likeness (QED) is 0.602. The van der Waals surface area contributed by atoms with E-state index in [4.69, 9.17) is 9.47 Å². The zero-order valence-electron chi connectivity index (χ0n) is 17.1. The van der Waals surface area contributed by atoms with Crippen molar-refractivity contribution < 1.29 is 14.3 Å². The van der Waals surface area contributed by atoms with Gasteiger partial charge in [-0.05, 0) is 23.8 Å². The third kappa shape index (κ3) is 4.31. The summed E-state index contributed by atoms with van der Waals surface area (Å²) in [6, 6.07) is 25.8. The molecular weight excluding hydrogens is 376 g/mol. The number of carbonyl (C=O) groups is 1. The van der Waals surface area contributed by atoms with Crippen LogP contribution in [0, 0.1) is 0 Å². The van der Waals surface area contributed by atoms with Crippen LogP contribution in [-0.2, 0) is 11.2 Å². The van der Waals surface area contributed by atoms with E-state index in [1.54, 1.807) is 7.11 Å². The molecule has 30 heavy (non-hydrogen) atoms. The standard InChI is InChI=1S/C25H26N2O3/c1-29-18-16-27-24(26-22-13-7-5-11-20(22)25(27)28)21-12-6-8-14-23(21)30-17-15-19-9-3-2-4-10-19/h2-14,24,26H,15-18H2,1H3. The van der Waals surface area contributed by atoms with Crippen LogP contribution in [0.5, 0.6) is 5.75 Å². The lowest BCUT2D eigenvalue weighted by Crippen LogP contribution is -2.44. The lowest BCUT2D eigenvalue weighted by Gasteiger charge is -2.38. The van der Waals surface area contributed by atoms with Crippen molar-refractivity contribution in [1.82, 2.24) is 4.90 Å². The number of nitrogens with one attached hydrogen (secondary N) is 1. The van der Waals surface area contributed by atoms with E-state index in [-0.39, 0.29) is 12.1 Å². The van der Waals surface area contributed by atoms with E-state index < -0.39 is 0 Å². The highest BCUT2D eigenvalue weighted by Gasteiger charge is 2.33. The number of rotatable bonds is 8. The van der Waals surface area contributed by atoms with Gasteiger partial charge in [-0.3, -0.25) is 4.79 Å². The monoisotopic (exact) mass is 402 g/mol. The molecule has 1 atom stereocenters. The van der Waals surface area contributed by atoms with Crippen LogP contribution >= 0.6 is 0 Å². The first-order valence-electron chi connectivity index (χ1n) is 10.2. The molecule has 1 aliphatic heterocycles. The average Bonchev–Trinajstić information content (AvgIpc) is 2.79. The van der Waals surface area contributed by atoms with Gasteiger partial charge in [0.05, 0.1) is 18.8 Å². The van der Waals surface area contributed by atoms with Gasteiger partial charge in [0.25, 0.3) is 5.91 Å². The number of nitrogens with zero attached hydrogens (tertiary/aromatic N) is 1. The summed E-state index contributed by atoms with van der Waals surface area (Å²) in [5.41, 5.74) is 3.67. The normalized spacial score (nSPS) is 15.4. The van der Waals surface area contributed by atoms with Crippen LogP contribution in [0.15, 0.2) is 78.9 Å². The third-order valence-electron chi connectivity index (χ3n) is 5.26. The Balaban J connectivity index is 1.59. The zero-order valence-corrected chi connectivity index (χ0v) is 17.1. The highest BCUT2D eigenvalue weighted by molar-refractivity contribution is 6.01. The maximum atomic E-state index is 13.2. The first kappa shape index (κ1) is 20.0. The molecule has 1 N–H and O–H groups in total. The molecule has 3 aromatic rings. The summed E-state index contributed by atoms with van der Waals surface area (Å²) in [7, 11) is 1.64. The second-order valence-electron chi connectivity index (χ2n) is 7.21. The molecule has 0 radical (unpaired) electrons. The van der Waals surface area contributed by atoms with Crippen LogP contribution in [0.25, 0.3) is 0 Å². The van der Waals surface area contributed by atoms with Gasteiger partial charge in [0.15, 0.2) is 0 Å². The number of anilines is 1. The average molecular weight is 402 g/mol.